The predicted molar refractivity (Wildman–Crippen MR) is 135 cm³/mol. The minimum absolute atomic E-state index is 0.0770. The lowest BCUT2D eigenvalue weighted by atomic mass is 10.0. The SMILES string of the molecule is C#Cc1nc(C(=O)N2CCN(c3ccc(-c4cc(C(=O)OC)cc5ncsc45)cc3)CC2)cs1. The summed E-state index contributed by atoms with van der Waals surface area (Å²) < 4.78 is 5.93. The van der Waals surface area contributed by atoms with Gasteiger partial charge in [-0.3, -0.25) is 4.79 Å². The van der Waals surface area contributed by atoms with Gasteiger partial charge in [0.15, 0.2) is 5.01 Å². The summed E-state index contributed by atoms with van der Waals surface area (Å²) in [6.45, 7) is 2.70. The van der Waals surface area contributed by atoms with E-state index in [9.17, 15) is 9.59 Å². The molecule has 170 valence electrons. The van der Waals surface area contributed by atoms with E-state index in [0.29, 0.717) is 29.4 Å². The molecule has 1 amide bonds. The maximum absolute atomic E-state index is 12.7. The van der Waals surface area contributed by atoms with Gasteiger partial charge >= 0.3 is 5.97 Å². The number of rotatable bonds is 4. The van der Waals surface area contributed by atoms with Crippen LogP contribution in [0.25, 0.3) is 21.3 Å². The molecule has 0 unspecified atom stereocenters. The molecule has 0 bridgehead atoms. The van der Waals surface area contributed by atoms with Gasteiger partial charge in [-0.2, -0.15) is 0 Å². The molecule has 34 heavy (non-hydrogen) atoms. The average molecular weight is 489 g/mol. The highest BCUT2D eigenvalue weighted by Gasteiger charge is 2.24. The maximum Gasteiger partial charge on any atom is 0.337 e. The Kier molecular flexibility index (Phi) is 6.01. The molecule has 0 aliphatic carbocycles. The van der Waals surface area contributed by atoms with E-state index in [1.807, 2.05) is 11.0 Å². The van der Waals surface area contributed by atoms with Gasteiger partial charge in [-0.1, -0.05) is 12.1 Å². The van der Waals surface area contributed by atoms with E-state index < -0.39 is 0 Å². The van der Waals surface area contributed by atoms with Gasteiger partial charge in [-0.05, 0) is 35.7 Å². The number of esters is 1. The van der Waals surface area contributed by atoms with Crippen molar-refractivity contribution in [2.75, 3.05) is 38.2 Å². The molecule has 5 rings (SSSR count). The molecule has 1 saturated heterocycles. The molecule has 1 fully saturated rings. The molecule has 3 heterocycles. The van der Waals surface area contributed by atoms with Crippen LogP contribution < -0.4 is 4.90 Å². The van der Waals surface area contributed by atoms with Crippen molar-refractivity contribution in [3.05, 3.63) is 63.6 Å². The summed E-state index contributed by atoms with van der Waals surface area (Å²) in [4.78, 5) is 37.5. The topological polar surface area (TPSA) is 75.6 Å². The third kappa shape index (κ3) is 4.14. The van der Waals surface area contributed by atoms with Crippen LogP contribution in [0.15, 0.2) is 47.3 Å². The third-order valence-electron chi connectivity index (χ3n) is 5.81. The smallest absolute Gasteiger partial charge is 0.337 e. The Morgan fingerprint density at radius 1 is 1.09 bits per heavy atom. The van der Waals surface area contributed by atoms with Crippen LogP contribution in [0.3, 0.4) is 0 Å². The molecule has 2 aromatic heterocycles. The second-order valence-corrected chi connectivity index (χ2v) is 9.44. The zero-order chi connectivity index (χ0) is 23.7. The molecular weight excluding hydrogens is 468 g/mol. The molecule has 0 saturated carbocycles. The number of hydrogen-bond donors (Lipinski definition) is 0. The number of ether oxygens (including phenoxy) is 1. The van der Waals surface area contributed by atoms with Crippen molar-refractivity contribution < 1.29 is 14.3 Å². The fraction of sp³-hybridized carbons (Fsp3) is 0.200. The molecule has 0 N–H and O–H groups in total. The summed E-state index contributed by atoms with van der Waals surface area (Å²) in [6.07, 6.45) is 5.36. The van der Waals surface area contributed by atoms with Crippen LogP contribution in [0.5, 0.6) is 0 Å². The number of aromatic nitrogens is 2. The third-order valence-corrected chi connectivity index (χ3v) is 7.46. The number of amides is 1. The molecule has 4 aromatic rings. The Labute approximate surface area is 204 Å². The lowest BCUT2D eigenvalue weighted by Gasteiger charge is -2.36. The molecule has 7 nitrogen and oxygen atoms in total. The van der Waals surface area contributed by atoms with Gasteiger partial charge in [0, 0.05) is 42.8 Å². The number of piperazine rings is 1. The Morgan fingerprint density at radius 2 is 1.85 bits per heavy atom. The number of nitrogens with zero attached hydrogens (tertiary/aromatic N) is 4. The molecule has 1 aliphatic rings. The Balaban J connectivity index is 1.31. The molecule has 1 aliphatic heterocycles. The minimum atomic E-state index is -0.381. The monoisotopic (exact) mass is 488 g/mol. The summed E-state index contributed by atoms with van der Waals surface area (Å²) in [5.74, 6) is 2.01. The van der Waals surface area contributed by atoms with Crippen LogP contribution in [-0.4, -0.2) is 60.0 Å². The summed E-state index contributed by atoms with van der Waals surface area (Å²) in [7, 11) is 1.38. The van der Waals surface area contributed by atoms with Crippen molar-refractivity contribution in [3.63, 3.8) is 0 Å². The van der Waals surface area contributed by atoms with Crippen molar-refractivity contribution in [1.82, 2.24) is 14.9 Å². The fourth-order valence-electron chi connectivity index (χ4n) is 4.04. The first-order chi connectivity index (χ1) is 16.6. The first-order valence-electron chi connectivity index (χ1n) is 10.6. The van der Waals surface area contributed by atoms with Crippen molar-refractivity contribution in [2.45, 2.75) is 0 Å². The van der Waals surface area contributed by atoms with Crippen LogP contribution in [0, 0.1) is 12.3 Å². The number of methoxy groups -OCH3 is 1. The van der Waals surface area contributed by atoms with E-state index in [4.69, 9.17) is 11.2 Å². The summed E-state index contributed by atoms with van der Waals surface area (Å²) in [5.41, 5.74) is 6.51. The standard InChI is InChI=1S/C25H20N4O3S2/c1-3-22-27-21(14-33-22)24(30)29-10-8-28(9-11-29)18-6-4-16(5-7-18)19-12-17(25(31)32-2)13-20-23(19)34-15-26-20/h1,4-7,12-15H,8-11H2,2H3. The highest BCUT2D eigenvalue weighted by atomic mass is 32.1. The first kappa shape index (κ1) is 22.1. The van der Waals surface area contributed by atoms with Gasteiger partial charge in [0.05, 0.1) is 28.4 Å². The van der Waals surface area contributed by atoms with Gasteiger partial charge in [0.2, 0.25) is 0 Å². The van der Waals surface area contributed by atoms with Gasteiger partial charge in [0.1, 0.15) is 5.69 Å². The maximum atomic E-state index is 12.7. The molecular formula is C25H20N4O3S2. The number of carbonyl (C=O) groups excluding carboxylic acids is 2. The van der Waals surface area contributed by atoms with Crippen molar-refractivity contribution in [2.24, 2.45) is 0 Å². The Morgan fingerprint density at radius 3 is 2.53 bits per heavy atom. The van der Waals surface area contributed by atoms with Crippen LogP contribution in [0.1, 0.15) is 25.9 Å². The van der Waals surface area contributed by atoms with Gasteiger partial charge in [-0.15, -0.1) is 29.1 Å². The van der Waals surface area contributed by atoms with Gasteiger partial charge in [-0.25, -0.2) is 14.8 Å². The van der Waals surface area contributed by atoms with E-state index >= 15 is 0 Å². The zero-order valence-electron chi connectivity index (χ0n) is 18.4. The van der Waals surface area contributed by atoms with Gasteiger partial charge in [0.25, 0.3) is 5.91 Å². The number of carbonyl (C=O) groups is 2. The summed E-state index contributed by atoms with van der Waals surface area (Å²) in [6, 6.07) is 11.9. The molecule has 2 aromatic carbocycles. The molecule has 0 spiro atoms. The van der Waals surface area contributed by atoms with Gasteiger partial charge < -0.3 is 14.5 Å². The van der Waals surface area contributed by atoms with Crippen LogP contribution in [-0.2, 0) is 4.74 Å². The first-order valence-corrected chi connectivity index (χ1v) is 12.4. The fourth-order valence-corrected chi connectivity index (χ4v) is 5.44. The second-order valence-electron chi connectivity index (χ2n) is 7.72. The van der Waals surface area contributed by atoms with Crippen molar-refractivity contribution in [3.8, 4) is 23.5 Å². The molecule has 0 radical (unpaired) electrons. The molecule has 0 atom stereocenters. The summed E-state index contributed by atoms with van der Waals surface area (Å²) in [5, 5.41) is 2.24. The number of fused-ring (bicyclic) bond motifs is 1. The Hall–Kier alpha value is -3.74. The van der Waals surface area contributed by atoms with E-state index in [0.717, 1.165) is 40.1 Å². The normalized spacial score (nSPS) is 13.6. The van der Waals surface area contributed by atoms with Crippen LogP contribution >= 0.6 is 22.7 Å². The van der Waals surface area contributed by atoms with Crippen LogP contribution in [0.4, 0.5) is 5.69 Å². The number of anilines is 1. The largest absolute Gasteiger partial charge is 0.465 e. The van der Waals surface area contributed by atoms with E-state index in [2.05, 4.69) is 45.1 Å². The second kappa shape index (κ2) is 9.25. The number of hydrogen-bond acceptors (Lipinski definition) is 8. The number of thiazole rings is 2. The lowest BCUT2D eigenvalue weighted by Crippen LogP contribution is -2.48. The number of terminal acetylenes is 1. The molecule has 9 heteroatoms. The minimum Gasteiger partial charge on any atom is -0.465 e. The highest BCUT2D eigenvalue weighted by molar-refractivity contribution is 7.17. The predicted octanol–water partition coefficient (Wildman–Crippen LogP) is 4.15. The van der Waals surface area contributed by atoms with E-state index in [1.54, 1.807) is 28.3 Å². The van der Waals surface area contributed by atoms with Crippen LogP contribution in [0.2, 0.25) is 0 Å². The van der Waals surface area contributed by atoms with E-state index in [1.165, 1.54) is 18.4 Å². The zero-order valence-corrected chi connectivity index (χ0v) is 20.0. The average Bonchev–Trinajstić information content (AvgIpc) is 3.57. The lowest BCUT2D eigenvalue weighted by molar-refractivity contribution is 0.0600. The van der Waals surface area contributed by atoms with Crippen molar-refractivity contribution >= 4 is 50.5 Å². The summed E-state index contributed by atoms with van der Waals surface area (Å²) >= 11 is 2.86. The Bertz CT molecular complexity index is 1410. The van der Waals surface area contributed by atoms with Crippen molar-refractivity contribution in [1.29, 1.82) is 0 Å². The number of benzene rings is 2. The van der Waals surface area contributed by atoms with E-state index in [-0.39, 0.29) is 11.9 Å². The highest BCUT2D eigenvalue weighted by Crippen LogP contribution is 2.34. The quantitative estimate of drug-likeness (QED) is 0.317.